The van der Waals surface area contributed by atoms with Gasteiger partial charge in [-0.2, -0.15) is 4.31 Å². The average molecular weight is 285 g/mol. The molecule has 0 spiro atoms. The van der Waals surface area contributed by atoms with Gasteiger partial charge in [0.1, 0.15) is 0 Å². The predicted molar refractivity (Wildman–Crippen MR) is 72.5 cm³/mol. The van der Waals surface area contributed by atoms with E-state index in [0.29, 0.717) is 19.1 Å². The monoisotopic (exact) mass is 285 g/mol. The topological polar surface area (TPSA) is 73.5 Å². The van der Waals surface area contributed by atoms with Gasteiger partial charge in [-0.1, -0.05) is 0 Å². The van der Waals surface area contributed by atoms with Gasteiger partial charge in [0, 0.05) is 44.5 Å². The number of aromatic amines is 1. The van der Waals surface area contributed by atoms with Crippen molar-refractivity contribution >= 4 is 10.0 Å². The second kappa shape index (κ2) is 5.44. The maximum atomic E-state index is 12.4. The summed E-state index contributed by atoms with van der Waals surface area (Å²) in [6.07, 6.45) is 1.26. The van der Waals surface area contributed by atoms with E-state index in [1.165, 1.54) is 22.6 Å². The fourth-order valence-corrected chi connectivity index (χ4v) is 3.56. The first-order valence-corrected chi connectivity index (χ1v) is 7.78. The lowest BCUT2D eigenvalue weighted by Gasteiger charge is -2.36. The van der Waals surface area contributed by atoms with Crippen molar-refractivity contribution in [1.29, 1.82) is 0 Å². The molecule has 0 unspecified atom stereocenters. The molecule has 1 fully saturated rings. The Morgan fingerprint density at radius 2 is 1.79 bits per heavy atom. The van der Waals surface area contributed by atoms with Crippen LogP contribution in [0.5, 0.6) is 0 Å². The molecule has 1 aliphatic rings. The zero-order valence-corrected chi connectivity index (χ0v) is 12.0. The van der Waals surface area contributed by atoms with Gasteiger partial charge in [-0.25, -0.2) is 8.42 Å². The summed E-state index contributed by atoms with van der Waals surface area (Å²) >= 11 is 0. The van der Waals surface area contributed by atoms with Gasteiger partial charge in [-0.3, -0.25) is 9.69 Å². The van der Waals surface area contributed by atoms with Crippen LogP contribution in [-0.4, -0.2) is 54.8 Å². The van der Waals surface area contributed by atoms with E-state index in [9.17, 15) is 13.2 Å². The number of nitrogens with zero attached hydrogens (tertiary/aromatic N) is 2. The highest BCUT2D eigenvalue weighted by molar-refractivity contribution is 7.89. The van der Waals surface area contributed by atoms with E-state index in [1.54, 1.807) is 0 Å². The number of aromatic nitrogens is 1. The summed E-state index contributed by atoms with van der Waals surface area (Å²) in [6.45, 7) is 6.65. The molecule has 106 valence electrons. The maximum Gasteiger partial charge on any atom is 0.247 e. The predicted octanol–water partition coefficient (Wildman–Crippen LogP) is 0.0896. The van der Waals surface area contributed by atoms with Crippen molar-refractivity contribution in [1.82, 2.24) is 14.2 Å². The van der Waals surface area contributed by atoms with Crippen molar-refractivity contribution < 1.29 is 8.42 Å². The number of H-pyrrole nitrogens is 1. The van der Waals surface area contributed by atoms with Crippen molar-refractivity contribution in [3.05, 3.63) is 28.7 Å². The Labute approximate surface area is 113 Å². The molecule has 0 aliphatic carbocycles. The van der Waals surface area contributed by atoms with E-state index in [4.69, 9.17) is 0 Å². The molecule has 1 N–H and O–H groups in total. The number of nitrogens with one attached hydrogen (secondary N) is 1. The molecule has 1 saturated heterocycles. The lowest BCUT2D eigenvalue weighted by atomic mass is 10.3. The summed E-state index contributed by atoms with van der Waals surface area (Å²) in [4.78, 5) is 15.8. The quantitative estimate of drug-likeness (QED) is 0.854. The van der Waals surface area contributed by atoms with Crippen LogP contribution in [0.25, 0.3) is 0 Å². The summed E-state index contributed by atoms with van der Waals surface area (Å²) in [5.74, 6) is 0. The lowest BCUT2D eigenvalue weighted by Crippen LogP contribution is -2.50. The fourth-order valence-electron chi connectivity index (χ4n) is 2.17. The summed E-state index contributed by atoms with van der Waals surface area (Å²) < 4.78 is 26.2. The minimum atomic E-state index is -3.49. The SMILES string of the molecule is CC(C)N1CCN(S(=O)(=O)c2ccc(=O)[nH]c2)CC1. The van der Waals surface area contributed by atoms with Gasteiger partial charge in [0.15, 0.2) is 0 Å². The summed E-state index contributed by atoms with van der Waals surface area (Å²) in [5.41, 5.74) is -0.302. The molecular weight excluding hydrogens is 266 g/mol. The largest absolute Gasteiger partial charge is 0.328 e. The molecule has 7 heteroatoms. The van der Waals surface area contributed by atoms with Crippen LogP contribution in [-0.2, 0) is 10.0 Å². The zero-order valence-electron chi connectivity index (χ0n) is 11.2. The van der Waals surface area contributed by atoms with Crippen LogP contribution in [0.15, 0.2) is 28.0 Å². The van der Waals surface area contributed by atoms with E-state index >= 15 is 0 Å². The number of pyridine rings is 1. The fraction of sp³-hybridized carbons (Fsp3) is 0.583. The Hall–Kier alpha value is -1.18. The minimum Gasteiger partial charge on any atom is -0.328 e. The van der Waals surface area contributed by atoms with E-state index in [0.717, 1.165) is 13.1 Å². The first-order chi connectivity index (χ1) is 8.91. The summed E-state index contributed by atoms with van der Waals surface area (Å²) in [5, 5.41) is 0. The van der Waals surface area contributed by atoms with Crippen molar-refractivity contribution in [3.8, 4) is 0 Å². The van der Waals surface area contributed by atoms with Crippen LogP contribution >= 0.6 is 0 Å². The molecular formula is C12H19N3O3S. The number of rotatable bonds is 3. The van der Waals surface area contributed by atoms with E-state index < -0.39 is 10.0 Å². The molecule has 1 aromatic rings. The molecule has 0 radical (unpaired) electrons. The normalized spacial score (nSPS) is 18.9. The number of sulfonamides is 1. The van der Waals surface area contributed by atoms with Crippen LogP contribution in [0.3, 0.4) is 0 Å². The third kappa shape index (κ3) is 3.05. The summed E-state index contributed by atoms with van der Waals surface area (Å²) in [7, 11) is -3.49. The number of piperazine rings is 1. The van der Waals surface area contributed by atoms with Gasteiger partial charge in [0.05, 0.1) is 4.90 Å². The van der Waals surface area contributed by atoms with Crippen LogP contribution in [0.1, 0.15) is 13.8 Å². The Bertz CT molecular complexity index is 566. The van der Waals surface area contributed by atoms with Crippen molar-refractivity contribution in [2.75, 3.05) is 26.2 Å². The Morgan fingerprint density at radius 1 is 1.16 bits per heavy atom. The first kappa shape index (κ1) is 14.2. The molecule has 6 nitrogen and oxygen atoms in total. The molecule has 0 saturated carbocycles. The molecule has 2 rings (SSSR count). The minimum absolute atomic E-state index is 0.144. The highest BCUT2D eigenvalue weighted by atomic mass is 32.2. The van der Waals surface area contributed by atoms with Gasteiger partial charge < -0.3 is 4.98 Å². The van der Waals surface area contributed by atoms with Gasteiger partial charge in [-0.05, 0) is 19.9 Å². The number of hydrogen-bond acceptors (Lipinski definition) is 4. The summed E-state index contributed by atoms with van der Waals surface area (Å²) in [6, 6.07) is 3.01. The molecule has 2 heterocycles. The van der Waals surface area contributed by atoms with Gasteiger partial charge in [0.2, 0.25) is 15.6 Å². The second-order valence-electron chi connectivity index (χ2n) is 4.92. The zero-order chi connectivity index (χ0) is 14.0. The molecule has 1 aromatic heterocycles. The Balaban J connectivity index is 2.14. The van der Waals surface area contributed by atoms with E-state index in [2.05, 4.69) is 23.7 Å². The van der Waals surface area contributed by atoms with Crippen LogP contribution in [0, 0.1) is 0 Å². The third-order valence-corrected chi connectivity index (χ3v) is 5.29. The lowest BCUT2D eigenvalue weighted by molar-refractivity contribution is 0.154. The first-order valence-electron chi connectivity index (χ1n) is 6.34. The second-order valence-corrected chi connectivity index (χ2v) is 6.86. The Kier molecular flexibility index (Phi) is 4.07. The van der Waals surface area contributed by atoms with Gasteiger partial charge in [-0.15, -0.1) is 0 Å². The highest BCUT2D eigenvalue weighted by Crippen LogP contribution is 2.16. The molecule has 0 bridgehead atoms. The standard InChI is InChI=1S/C12H19N3O3S/c1-10(2)14-5-7-15(8-6-14)19(17,18)11-3-4-12(16)13-9-11/h3-4,9-10H,5-8H2,1-2H3,(H,13,16). The van der Waals surface area contributed by atoms with Gasteiger partial charge >= 0.3 is 0 Å². The average Bonchev–Trinajstić information content (AvgIpc) is 2.39. The van der Waals surface area contributed by atoms with Crippen molar-refractivity contribution in [2.45, 2.75) is 24.8 Å². The molecule has 19 heavy (non-hydrogen) atoms. The van der Waals surface area contributed by atoms with Crippen LogP contribution in [0.2, 0.25) is 0 Å². The van der Waals surface area contributed by atoms with Crippen molar-refractivity contribution in [3.63, 3.8) is 0 Å². The molecule has 1 aliphatic heterocycles. The third-order valence-electron chi connectivity index (χ3n) is 3.40. The Morgan fingerprint density at radius 3 is 2.26 bits per heavy atom. The van der Waals surface area contributed by atoms with E-state index in [1.807, 2.05) is 0 Å². The molecule has 0 atom stereocenters. The van der Waals surface area contributed by atoms with Crippen molar-refractivity contribution in [2.24, 2.45) is 0 Å². The van der Waals surface area contributed by atoms with Gasteiger partial charge in [0.25, 0.3) is 0 Å². The smallest absolute Gasteiger partial charge is 0.247 e. The van der Waals surface area contributed by atoms with Crippen LogP contribution in [0.4, 0.5) is 0 Å². The molecule has 0 amide bonds. The number of hydrogen-bond donors (Lipinski definition) is 1. The van der Waals surface area contributed by atoms with E-state index in [-0.39, 0.29) is 10.5 Å². The van der Waals surface area contributed by atoms with Crippen LogP contribution < -0.4 is 5.56 Å². The highest BCUT2D eigenvalue weighted by Gasteiger charge is 2.29. The molecule has 0 aromatic carbocycles. The maximum absolute atomic E-state index is 12.4.